The van der Waals surface area contributed by atoms with E-state index in [1.807, 2.05) is 22.8 Å². The number of fused-ring (bicyclic) bond motifs is 1. The van der Waals surface area contributed by atoms with E-state index in [0.29, 0.717) is 17.9 Å². The summed E-state index contributed by atoms with van der Waals surface area (Å²) in [4.78, 5) is 23.3. The van der Waals surface area contributed by atoms with Crippen molar-refractivity contribution < 1.29 is 24.2 Å². The maximum absolute atomic E-state index is 12.0. The summed E-state index contributed by atoms with van der Waals surface area (Å²) in [5.74, 6) is -0.306. The zero-order chi connectivity index (χ0) is 25.2. The van der Waals surface area contributed by atoms with Crippen LogP contribution < -0.4 is 5.32 Å². The fourth-order valence-electron chi connectivity index (χ4n) is 5.03. The van der Waals surface area contributed by atoms with E-state index in [9.17, 15) is 14.7 Å². The number of rotatable bonds is 8. The first-order valence-electron chi connectivity index (χ1n) is 12.4. The van der Waals surface area contributed by atoms with Crippen LogP contribution in [0.4, 0.5) is 0 Å². The molecule has 2 aliphatic rings. The summed E-state index contributed by atoms with van der Waals surface area (Å²) < 4.78 is 12.9. The maximum atomic E-state index is 12.0. The minimum absolute atomic E-state index is 0.198. The smallest absolute Gasteiger partial charge is 0.315 e. The Hall–Kier alpha value is -2.87. The van der Waals surface area contributed by atoms with Crippen molar-refractivity contribution in [3.8, 4) is 0 Å². The van der Waals surface area contributed by atoms with E-state index in [1.165, 1.54) is 31.1 Å². The monoisotopic (exact) mass is 510 g/mol. The quantitative estimate of drug-likeness (QED) is 0.344. The fraction of sp³-hybridized carbons (Fsp3) is 0.429. The molecule has 36 heavy (non-hydrogen) atoms. The highest BCUT2D eigenvalue weighted by atomic mass is 35.5. The zero-order valence-electron chi connectivity index (χ0n) is 20.3. The van der Waals surface area contributed by atoms with Crippen LogP contribution in [0.25, 0.3) is 10.9 Å². The molecule has 0 spiro atoms. The van der Waals surface area contributed by atoms with Crippen molar-refractivity contribution in [2.24, 2.45) is 0 Å². The molecule has 8 heteroatoms. The van der Waals surface area contributed by atoms with E-state index < -0.39 is 30.3 Å². The molecule has 0 radical (unpaired) electrons. The number of amides is 1. The third-order valence-electron chi connectivity index (χ3n) is 7.04. The van der Waals surface area contributed by atoms with E-state index >= 15 is 0 Å². The van der Waals surface area contributed by atoms with Crippen molar-refractivity contribution in [2.45, 2.75) is 62.9 Å². The fourth-order valence-corrected chi connectivity index (χ4v) is 5.32. The Labute approximate surface area is 215 Å². The predicted octanol–water partition coefficient (Wildman–Crippen LogP) is 4.48. The molecule has 3 atom stereocenters. The Balaban J connectivity index is 1.35. The van der Waals surface area contributed by atoms with Crippen LogP contribution in [-0.2, 0) is 25.5 Å². The summed E-state index contributed by atoms with van der Waals surface area (Å²) in [5.41, 5.74) is 4.67. The molecule has 1 amide bonds. The molecule has 2 heterocycles. The second-order valence-corrected chi connectivity index (χ2v) is 10.2. The highest BCUT2D eigenvalue weighted by molar-refractivity contribution is 6.35. The number of benzene rings is 2. The highest BCUT2D eigenvalue weighted by Gasteiger charge is 2.31. The standard InChI is InChI=1S/C28H31ClN2O5/c1-35-27(34)14-25(33)30-15-22-12-21(32)13-26(36-22)31-16-20(28-23(29)3-2-4-24(28)31)11-17-5-7-18(8-6-17)19-9-10-19/h2-8,16,19,21-22,26,32H,9-15H2,1H3,(H,30,33)/t21-,22-,26+/m0/s1. The van der Waals surface area contributed by atoms with Gasteiger partial charge in [0.15, 0.2) is 0 Å². The molecular weight excluding hydrogens is 480 g/mol. The molecule has 1 saturated carbocycles. The van der Waals surface area contributed by atoms with E-state index in [0.717, 1.165) is 28.8 Å². The number of halogens is 1. The van der Waals surface area contributed by atoms with E-state index in [-0.39, 0.29) is 13.0 Å². The third kappa shape index (κ3) is 5.59. The second-order valence-electron chi connectivity index (χ2n) is 9.78. The molecule has 2 N–H and O–H groups in total. The Morgan fingerprint density at radius 3 is 2.67 bits per heavy atom. The summed E-state index contributed by atoms with van der Waals surface area (Å²) in [6.07, 6.45) is 4.47. The Morgan fingerprint density at radius 1 is 1.17 bits per heavy atom. The number of aliphatic hydroxyl groups excluding tert-OH is 1. The Kier molecular flexibility index (Phi) is 7.32. The van der Waals surface area contributed by atoms with Gasteiger partial charge in [-0.1, -0.05) is 41.9 Å². The molecule has 2 fully saturated rings. The van der Waals surface area contributed by atoms with Gasteiger partial charge in [0.2, 0.25) is 5.91 Å². The largest absolute Gasteiger partial charge is 0.469 e. The topological polar surface area (TPSA) is 89.8 Å². The lowest BCUT2D eigenvalue weighted by Gasteiger charge is -2.34. The highest BCUT2D eigenvalue weighted by Crippen LogP contribution is 2.40. The van der Waals surface area contributed by atoms with Crippen LogP contribution in [0.3, 0.4) is 0 Å². The number of ether oxygens (including phenoxy) is 2. The minimum Gasteiger partial charge on any atom is -0.469 e. The molecular formula is C28H31ClN2O5. The van der Waals surface area contributed by atoms with Gasteiger partial charge < -0.3 is 24.5 Å². The number of nitrogens with zero attached hydrogens (tertiary/aromatic N) is 1. The van der Waals surface area contributed by atoms with Gasteiger partial charge >= 0.3 is 5.97 Å². The maximum Gasteiger partial charge on any atom is 0.315 e. The molecule has 1 aromatic heterocycles. The molecule has 0 unspecified atom stereocenters. The first-order chi connectivity index (χ1) is 17.4. The van der Waals surface area contributed by atoms with E-state index in [4.69, 9.17) is 16.3 Å². The molecule has 1 aliphatic carbocycles. The van der Waals surface area contributed by atoms with Gasteiger partial charge in [-0.2, -0.15) is 0 Å². The lowest BCUT2D eigenvalue weighted by Crippen LogP contribution is -2.41. The zero-order valence-corrected chi connectivity index (χ0v) is 21.0. The number of hydrogen-bond donors (Lipinski definition) is 2. The van der Waals surface area contributed by atoms with Crippen molar-refractivity contribution >= 4 is 34.4 Å². The first-order valence-corrected chi connectivity index (χ1v) is 12.8. The van der Waals surface area contributed by atoms with Crippen molar-refractivity contribution in [1.29, 1.82) is 0 Å². The molecule has 1 saturated heterocycles. The predicted molar refractivity (Wildman–Crippen MR) is 137 cm³/mol. The van der Waals surface area contributed by atoms with Gasteiger partial charge in [0.1, 0.15) is 12.6 Å². The van der Waals surface area contributed by atoms with Gasteiger partial charge in [-0.05, 0) is 54.0 Å². The summed E-state index contributed by atoms with van der Waals surface area (Å²) in [6, 6.07) is 14.7. The normalized spacial score (nSPS) is 21.9. The van der Waals surface area contributed by atoms with Crippen LogP contribution in [0.15, 0.2) is 48.7 Å². The molecule has 0 bridgehead atoms. The number of nitrogens with one attached hydrogen (secondary N) is 1. The number of carbonyl (C=O) groups excluding carboxylic acids is 2. The number of aliphatic hydroxyl groups is 1. The number of methoxy groups -OCH3 is 1. The Bertz CT molecular complexity index is 1250. The van der Waals surface area contributed by atoms with Gasteiger partial charge in [-0.25, -0.2) is 0 Å². The summed E-state index contributed by atoms with van der Waals surface area (Å²) in [7, 11) is 1.24. The summed E-state index contributed by atoms with van der Waals surface area (Å²) in [6.45, 7) is 0.198. The number of esters is 1. The molecule has 5 rings (SSSR count). The van der Waals surface area contributed by atoms with Crippen LogP contribution in [0.1, 0.15) is 60.9 Å². The summed E-state index contributed by atoms with van der Waals surface area (Å²) in [5, 5.41) is 15.0. The number of aromatic nitrogens is 1. The van der Waals surface area contributed by atoms with Gasteiger partial charge in [0, 0.05) is 31.0 Å². The second kappa shape index (κ2) is 10.6. The SMILES string of the molecule is COC(=O)CC(=O)NC[C@@H]1C[C@H](O)C[C@H](n2cc(Cc3ccc(C4CC4)cc3)c3c(Cl)cccc32)O1. The van der Waals surface area contributed by atoms with Crippen LogP contribution in [0.2, 0.25) is 5.02 Å². The number of hydrogen-bond acceptors (Lipinski definition) is 5. The molecule has 2 aromatic carbocycles. The molecule has 190 valence electrons. The minimum atomic E-state index is -0.597. The average molecular weight is 511 g/mol. The summed E-state index contributed by atoms with van der Waals surface area (Å²) >= 11 is 6.66. The van der Waals surface area contributed by atoms with Crippen molar-refractivity contribution in [3.63, 3.8) is 0 Å². The van der Waals surface area contributed by atoms with Gasteiger partial charge in [0.25, 0.3) is 0 Å². The van der Waals surface area contributed by atoms with Gasteiger partial charge in [-0.15, -0.1) is 0 Å². The van der Waals surface area contributed by atoms with Crippen molar-refractivity contribution in [1.82, 2.24) is 9.88 Å². The van der Waals surface area contributed by atoms with Crippen LogP contribution in [-0.4, -0.2) is 47.4 Å². The van der Waals surface area contributed by atoms with Gasteiger partial charge in [-0.3, -0.25) is 9.59 Å². The average Bonchev–Trinajstić information content (AvgIpc) is 3.65. The lowest BCUT2D eigenvalue weighted by atomic mass is 10.0. The molecule has 1 aliphatic heterocycles. The molecule has 3 aromatic rings. The molecule has 7 nitrogen and oxygen atoms in total. The van der Waals surface area contributed by atoms with Crippen molar-refractivity contribution in [3.05, 3.63) is 70.4 Å². The van der Waals surface area contributed by atoms with Crippen LogP contribution >= 0.6 is 11.6 Å². The van der Waals surface area contributed by atoms with E-state index in [2.05, 4.69) is 40.5 Å². The van der Waals surface area contributed by atoms with Crippen LogP contribution in [0.5, 0.6) is 0 Å². The van der Waals surface area contributed by atoms with Crippen molar-refractivity contribution in [2.75, 3.05) is 13.7 Å². The van der Waals surface area contributed by atoms with Crippen LogP contribution in [0, 0.1) is 0 Å². The Morgan fingerprint density at radius 2 is 1.94 bits per heavy atom. The van der Waals surface area contributed by atoms with Gasteiger partial charge in [0.05, 0.1) is 29.9 Å². The third-order valence-corrected chi connectivity index (χ3v) is 7.35. The lowest BCUT2D eigenvalue weighted by molar-refractivity contribution is -0.145. The van der Waals surface area contributed by atoms with E-state index in [1.54, 1.807) is 0 Å². The first kappa shape index (κ1) is 24.8. The number of carbonyl (C=O) groups is 2.